The van der Waals surface area contributed by atoms with Gasteiger partial charge in [0.25, 0.3) is 0 Å². The summed E-state index contributed by atoms with van der Waals surface area (Å²) in [6.45, 7) is 0. The summed E-state index contributed by atoms with van der Waals surface area (Å²) in [5, 5.41) is 1.48. The second-order valence-corrected chi connectivity index (χ2v) is 4.12. The minimum Gasteiger partial charge on any atom is -0.244 e. The van der Waals surface area contributed by atoms with Crippen molar-refractivity contribution in [1.82, 2.24) is 19.9 Å². The van der Waals surface area contributed by atoms with Crippen molar-refractivity contribution in [1.29, 1.82) is 0 Å². The first-order chi connectivity index (χ1) is 6.86. The molecule has 14 heavy (non-hydrogen) atoms. The minimum atomic E-state index is 0.673. The number of hydrogen-bond donors (Lipinski definition) is 0. The van der Waals surface area contributed by atoms with Crippen LogP contribution in [0.1, 0.15) is 0 Å². The number of nitrogens with zero attached hydrogens (tertiary/aromatic N) is 4. The summed E-state index contributed by atoms with van der Waals surface area (Å²) in [6.07, 6.45) is 6.59. The molecule has 70 valence electrons. The molecule has 0 saturated heterocycles. The molecule has 0 saturated carbocycles. The first-order valence-electron chi connectivity index (χ1n) is 3.76. The standard InChI is InChI=1S/C8H5BrN4S/c9-6-4-10-5-13-7(6)14-8-11-2-1-3-12-8/h1-5H. The van der Waals surface area contributed by atoms with Gasteiger partial charge in [-0.25, -0.2) is 19.9 Å². The Morgan fingerprint density at radius 3 is 2.64 bits per heavy atom. The largest absolute Gasteiger partial charge is 0.244 e. The molecule has 6 heteroatoms. The van der Waals surface area contributed by atoms with Crippen LogP contribution in [-0.2, 0) is 0 Å². The first-order valence-corrected chi connectivity index (χ1v) is 5.37. The Hall–Kier alpha value is -1.01. The fraction of sp³-hybridized carbons (Fsp3) is 0. The molecule has 0 aromatic carbocycles. The highest BCUT2D eigenvalue weighted by molar-refractivity contribution is 9.10. The van der Waals surface area contributed by atoms with Crippen LogP contribution < -0.4 is 0 Å². The molecule has 2 aromatic rings. The zero-order valence-electron chi connectivity index (χ0n) is 6.96. The summed E-state index contributed by atoms with van der Waals surface area (Å²) >= 11 is 4.75. The summed E-state index contributed by atoms with van der Waals surface area (Å²) in [5.41, 5.74) is 0. The van der Waals surface area contributed by atoms with Gasteiger partial charge in [0.2, 0.25) is 0 Å². The minimum absolute atomic E-state index is 0.673. The predicted octanol–water partition coefficient (Wildman–Crippen LogP) is 2.18. The SMILES string of the molecule is Brc1cncnc1Sc1ncccn1. The second-order valence-electron chi connectivity index (χ2n) is 2.31. The van der Waals surface area contributed by atoms with Gasteiger partial charge in [-0.05, 0) is 33.8 Å². The topological polar surface area (TPSA) is 51.6 Å². The third-order valence-electron chi connectivity index (χ3n) is 1.36. The van der Waals surface area contributed by atoms with E-state index in [9.17, 15) is 0 Å². The molecule has 0 spiro atoms. The maximum Gasteiger partial charge on any atom is 0.193 e. The average Bonchev–Trinajstić information content (AvgIpc) is 2.23. The molecule has 0 aliphatic rings. The van der Waals surface area contributed by atoms with E-state index in [0.717, 1.165) is 9.50 Å². The zero-order chi connectivity index (χ0) is 9.80. The molecule has 0 aliphatic heterocycles. The van der Waals surface area contributed by atoms with Gasteiger partial charge in [0.1, 0.15) is 11.4 Å². The van der Waals surface area contributed by atoms with E-state index < -0.39 is 0 Å². The van der Waals surface area contributed by atoms with Gasteiger partial charge in [0.05, 0.1) is 4.47 Å². The quantitative estimate of drug-likeness (QED) is 0.617. The molecule has 0 N–H and O–H groups in total. The highest BCUT2D eigenvalue weighted by Gasteiger charge is 2.04. The molecule has 0 amide bonds. The molecule has 0 bridgehead atoms. The van der Waals surface area contributed by atoms with E-state index in [1.54, 1.807) is 24.7 Å². The van der Waals surface area contributed by atoms with Crippen molar-refractivity contribution in [3.63, 3.8) is 0 Å². The Morgan fingerprint density at radius 2 is 1.93 bits per heavy atom. The van der Waals surface area contributed by atoms with E-state index in [1.807, 2.05) is 0 Å². The second kappa shape index (κ2) is 4.47. The van der Waals surface area contributed by atoms with Crippen LogP contribution in [0.2, 0.25) is 0 Å². The Balaban J connectivity index is 2.24. The van der Waals surface area contributed by atoms with Crippen molar-refractivity contribution in [2.24, 2.45) is 0 Å². The lowest BCUT2D eigenvalue weighted by Gasteiger charge is -1.99. The fourth-order valence-corrected chi connectivity index (χ4v) is 1.91. The smallest absolute Gasteiger partial charge is 0.193 e. The van der Waals surface area contributed by atoms with Crippen LogP contribution in [0.3, 0.4) is 0 Å². The maximum absolute atomic E-state index is 4.10. The molecule has 0 atom stereocenters. The van der Waals surface area contributed by atoms with Gasteiger partial charge in [-0.3, -0.25) is 0 Å². The van der Waals surface area contributed by atoms with Crippen molar-refractivity contribution in [3.05, 3.63) is 35.5 Å². The lowest BCUT2D eigenvalue weighted by Crippen LogP contribution is -1.87. The Bertz CT molecular complexity index is 423. The highest BCUT2D eigenvalue weighted by Crippen LogP contribution is 2.27. The molecular weight excluding hydrogens is 264 g/mol. The third kappa shape index (κ3) is 2.27. The van der Waals surface area contributed by atoms with Crippen molar-refractivity contribution in [2.75, 3.05) is 0 Å². The van der Waals surface area contributed by atoms with E-state index >= 15 is 0 Å². The van der Waals surface area contributed by atoms with Crippen LogP contribution in [0, 0.1) is 0 Å². The molecular formula is C8H5BrN4S. The Morgan fingerprint density at radius 1 is 1.14 bits per heavy atom. The van der Waals surface area contributed by atoms with Crippen molar-refractivity contribution >= 4 is 27.7 Å². The monoisotopic (exact) mass is 268 g/mol. The van der Waals surface area contributed by atoms with Crippen LogP contribution in [0.5, 0.6) is 0 Å². The molecule has 0 unspecified atom stereocenters. The van der Waals surface area contributed by atoms with Gasteiger partial charge in [-0.1, -0.05) is 0 Å². The summed E-state index contributed by atoms with van der Waals surface area (Å²) in [5.74, 6) is 0. The molecule has 4 nitrogen and oxygen atoms in total. The van der Waals surface area contributed by atoms with Crippen LogP contribution in [0.4, 0.5) is 0 Å². The molecule has 2 aromatic heterocycles. The summed E-state index contributed by atoms with van der Waals surface area (Å²) in [7, 11) is 0. The maximum atomic E-state index is 4.10. The van der Waals surface area contributed by atoms with E-state index in [2.05, 4.69) is 35.9 Å². The Labute approximate surface area is 93.4 Å². The van der Waals surface area contributed by atoms with Gasteiger partial charge < -0.3 is 0 Å². The summed E-state index contributed by atoms with van der Waals surface area (Å²) in [4.78, 5) is 16.1. The normalized spacial score (nSPS) is 10.1. The van der Waals surface area contributed by atoms with Gasteiger partial charge >= 0.3 is 0 Å². The van der Waals surface area contributed by atoms with Gasteiger partial charge in [-0.15, -0.1) is 0 Å². The average molecular weight is 269 g/mol. The van der Waals surface area contributed by atoms with Crippen molar-refractivity contribution in [3.8, 4) is 0 Å². The van der Waals surface area contributed by atoms with Gasteiger partial charge in [-0.2, -0.15) is 0 Å². The zero-order valence-corrected chi connectivity index (χ0v) is 9.36. The van der Waals surface area contributed by atoms with Crippen LogP contribution in [-0.4, -0.2) is 19.9 Å². The third-order valence-corrected chi connectivity index (χ3v) is 3.12. The van der Waals surface area contributed by atoms with Gasteiger partial charge in [0.15, 0.2) is 5.16 Å². The predicted molar refractivity (Wildman–Crippen MR) is 55.9 cm³/mol. The van der Waals surface area contributed by atoms with Gasteiger partial charge in [0, 0.05) is 18.6 Å². The lowest BCUT2D eigenvalue weighted by molar-refractivity contribution is 0.951. The molecule has 0 radical (unpaired) electrons. The van der Waals surface area contributed by atoms with E-state index in [-0.39, 0.29) is 0 Å². The highest BCUT2D eigenvalue weighted by atomic mass is 79.9. The van der Waals surface area contributed by atoms with Crippen LogP contribution in [0.25, 0.3) is 0 Å². The lowest BCUT2D eigenvalue weighted by atomic mass is 10.7. The first kappa shape index (κ1) is 9.54. The molecule has 2 rings (SSSR count). The number of hydrogen-bond acceptors (Lipinski definition) is 5. The molecule has 0 aliphatic carbocycles. The molecule has 2 heterocycles. The fourth-order valence-electron chi connectivity index (χ4n) is 0.801. The number of halogens is 1. The van der Waals surface area contributed by atoms with E-state index in [1.165, 1.54) is 18.1 Å². The van der Waals surface area contributed by atoms with Crippen LogP contribution >= 0.6 is 27.7 Å². The van der Waals surface area contributed by atoms with E-state index in [4.69, 9.17) is 0 Å². The van der Waals surface area contributed by atoms with E-state index in [0.29, 0.717) is 5.16 Å². The van der Waals surface area contributed by atoms with Crippen LogP contribution in [0.15, 0.2) is 45.6 Å². The Kier molecular flexibility index (Phi) is 3.05. The van der Waals surface area contributed by atoms with Crippen molar-refractivity contribution < 1.29 is 0 Å². The summed E-state index contributed by atoms with van der Waals surface area (Å²) < 4.78 is 0.845. The molecule has 0 fully saturated rings. The number of aromatic nitrogens is 4. The summed E-state index contributed by atoms with van der Waals surface area (Å²) in [6, 6.07) is 1.78. The van der Waals surface area contributed by atoms with Crippen molar-refractivity contribution in [2.45, 2.75) is 10.2 Å². The number of rotatable bonds is 2.